The maximum atomic E-state index is 12.3. The molecule has 0 aliphatic heterocycles. The molecule has 7 heteroatoms. The van der Waals surface area contributed by atoms with Crippen molar-refractivity contribution in [3.8, 4) is 0 Å². The molecule has 0 atom stereocenters. The van der Waals surface area contributed by atoms with Gasteiger partial charge in [0.2, 0.25) is 0 Å². The van der Waals surface area contributed by atoms with Crippen LogP contribution < -0.4 is 16.0 Å². The van der Waals surface area contributed by atoms with E-state index in [-0.39, 0.29) is 17.6 Å². The number of rotatable bonds is 5. The van der Waals surface area contributed by atoms with Crippen LogP contribution in [-0.2, 0) is 0 Å². The minimum absolute atomic E-state index is 0.247. The van der Waals surface area contributed by atoms with Gasteiger partial charge >= 0.3 is 6.03 Å². The maximum absolute atomic E-state index is 12.3. The van der Waals surface area contributed by atoms with Crippen molar-refractivity contribution in [2.75, 3.05) is 16.0 Å². The Balaban J connectivity index is 1.38. The number of hydrogen-bond acceptors (Lipinski definition) is 4. The number of aromatic nitrogens is 1. The number of nitrogens with one attached hydrogen (secondary N) is 3. The third kappa shape index (κ3) is 4.33. The molecule has 0 bridgehead atoms. The Morgan fingerprint density at radius 2 is 1.52 bits per heavy atom. The predicted octanol–water partition coefficient (Wildman–Crippen LogP) is 4.45. The fraction of sp³-hybridized carbons (Fsp3) is 0.150. The Labute approximate surface area is 155 Å². The number of amides is 3. The van der Waals surface area contributed by atoms with E-state index in [1.54, 1.807) is 42.5 Å². The highest BCUT2D eigenvalue weighted by molar-refractivity contribution is 6.04. The summed E-state index contributed by atoms with van der Waals surface area (Å²) in [6.07, 6.45) is 2.16. The molecule has 27 heavy (non-hydrogen) atoms. The van der Waals surface area contributed by atoms with E-state index in [0.29, 0.717) is 23.0 Å². The van der Waals surface area contributed by atoms with Crippen molar-refractivity contribution >= 4 is 29.0 Å². The summed E-state index contributed by atoms with van der Waals surface area (Å²) in [5.74, 6) is 0.805. The Kier molecular flexibility index (Phi) is 4.57. The van der Waals surface area contributed by atoms with Crippen molar-refractivity contribution in [1.29, 1.82) is 0 Å². The van der Waals surface area contributed by atoms with Crippen LogP contribution in [0.1, 0.15) is 35.0 Å². The van der Waals surface area contributed by atoms with Crippen molar-refractivity contribution in [2.24, 2.45) is 0 Å². The van der Waals surface area contributed by atoms with Crippen LogP contribution in [0.2, 0.25) is 0 Å². The van der Waals surface area contributed by atoms with Crippen LogP contribution in [0, 0.1) is 0 Å². The van der Waals surface area contributed by atoms with Crippen molar-refractivity contribution in [3.63, 3.8) is 0 Å². The zero-order chi connectivity index (χ0) is 18.6. The van der Waals surface area contributed by atoms with Crippen LogP contribution >= 0.6 is 0 Å². The molecular weight excluding hydrogens is 344 g/mol. The molecule has 1 aliphatic rings. The van der Waals surface area contributed by atoms with Crippen LogP contribution in [0.15, 0.2) is 65.2 Å². The lowest BCUT2D eigenvalue weighted by molar-refractivity contribution is 0.101. The van der Waals surface area contributed by atoms with Gasteiger partial charge in [0.15, 0.2) is 5.69 Å². The standard InChI is InChI=1S/C20H18N4O3/c25-19(17-12-18(27-24-17)13-9-10-13)21-15-7-4-8-16(11-15)23-20(26)22-14-5-2-1-3-6-14/h1-8,11-13H,9-10H2,(H,21,25)(H2,22,23,26). The number of carbonyl (C=O) groups is 2. The molecule has 1 heterocycles. The van der Waals surface area contributed by atoms with Crippen molar-refractivity contribution in [1.82, 2.24) is 5.16 Å². The first kappa shape index (κ1) is 16.8. The lowest BCUT2D eigenvalue weighted by Gasteiger charge is -2.09. The van der Waals surface area contributed by atoms with Gasteiger partial charge in [0.25, 0.3) is 5.91 Å². The fourth-order valence-corrected chi connectivity index (χ4v) is 2.64. The predicted molar refractivity (Wildman–Crippen MR) is 102 cm³/mol. The SMILES string of the molecule is O=C(Nc1ccccc1)Nc1cccc(NC(=O)c2cc(C3CC3)on2)c1. The smallest absolute Gasteiger partial charge is 0.323 e. The minimum Gasteiger partial charge on any atom is -0.360 e. The van der Waals surface area contributed by atoms with Crippen LogP contribution in [-0.4, -0.2) is 17.1 Å². The summed E-state index contributed by atoms with van der Waals surface area (Å²) in [6, 6.07) is 17.3. The fourth-order valence-electron chi connectivity index (χ4n) is 2.64. The van der Waals surface area contributed by atoms with E-state index >= 15 is 0 Å². The molecule has 0 unspecified atom stereocenters. The molecule has 0 saturated heterocycles. The molecule has 1 aliphatic carbocycles. The van der Waals surface area contributed by atoms with Gasteiger partial charge < -0.3 is 20.5 Å². The van der Waals surface area contributed by atoms with Gasteiger partial charge in [0.05, 0.1) is 0 Å². The molecule has 0 spiro atoms. The van der Waals surface area contributed by atoms with Crippen molar-refractivity contribution in [3.05, 3.63) is 72.1 Å². The first-order valence-electron chi connectivity index (χ1n) is 8.68. The summed E-state index contributed by atoms with van der Waals surface area (Å²) in [5, 5.41) is 12.1. The van der Waals surface area contributed by atoms with Gasteiger partial charge in [-0.1, -0.05) is 29.4 Å². The molecule has 7 nitrogen and oxygen atoms in total. The largest absolute Gasteiger partial charge is 0.360 e. The van der Waals surface area contributed by atoms with E-state index in [1.807, 2.05) is 18.2 Å². The molecule has 136 valence electrons. The third-order valence-electron chi connectivity index (χ3n) is 4.15. The van der Waals surface area contributed by atoms with Crippen LogP contribution in [0.5, 0.6) is 0 Å². The second-order valence-electron chi connectivity index (χ2n) is 6.37. The van der Waals surface area contributed by atoms with Gasteiger partial charge in [-0.15, -0.1) is 0 Å². The van der Waals surface area contributed by atoms with Gasteiger partial charge in [0.1, 0.15) is 5.76 Å². The van der Waals surface area contributed by atoms with Crippen molar-refractivity contribution in [2.45, 2.75) is 18.8 Å². The summed E-state index contributed by atoms with van der Waals surface area (Å²) >= 11 is 0. The Morgan fingerprint density at radius 1 is 0.852 bits per heavy atom. The average molecular weight is 362 g/mol. The summed E-state index contributed by atoms with van der Waals surface area (Å²) < 4.78 is 5.20. The van der Waals surface area contributed by atoms with E-state index in [9.17, 15) is 9.59 Å². The monoisotopic (exact) mass is 362 g/mol. The third-order valence-corrected chi connectivity index (χ3v) is 4.15. The zero-order valence-electron chi connectivity index (χ0n) is 14.4. The van der Waals surface area contributed by atoms with Gasteiger partial charge in [-0.3, -0.25) is 4.79 Å². The molecule has 2 aromatic carbocycles. The highest BCUT2D eigenvalue weighted by Crippen LogP contribution is 2.40. The molecule has 3 N–H and O–H groups in total. The summed E-state index contributed by atoms with van der Waals surface area (Å²) in [4.78, 5) is 24.4. The molecule has 4 rings (SSSR count). The van der Waals surface area contributed by atoms with Gasteiger partial charge in [-0.25, -0.2) is 4.79 Å². The number of benzene rings is 2. The number of hydrogen-bond donors (Lipinski definition) is 3. The Bertz CT molecular complexity index is 964. The van der Waals surface area contributed by atoms with Gasteiger partial charge in [-0.2, -0.15) is 0 Å². The molecule has 1 fully saturated rings. The first-order valence-corrected chi connectivity index (χ1v) is 8.68. The second-order valence-corrected chi connectivity index (χ2v) is 6.37. The maximum Gasteiger partial charge on any atom is 0.323 e. The van der Waals surface area contributed by atoms with E-state index in [1.165, 1.54) is 0 Å². The van der Waals surface area contributed by atoms with Crippen molar-refractivity contribution < 1.29 is 14.1 Å². The quantitative estimate of drug-likeness (QED) is 0.625. The van der Waals surface area contributed by atoms with E-state index in [4.69, 9.17) is 4.52 Å². The lowest BCUT2D eigenvalue weighted by Crippen LogP contribution is -2.19. The average Bonchev–Trinajstić information content (AvgIpc) is 3.39. The summed E-state index contributed by atoms with van der Waals surface area (Å²) in [5.41, 5.74) is 2.04. The number of anilines is 3. The number of para-hydroxylation sites is 1. The van der Waals surface area contributed by atoms with Gasteiger partial charge in [-0.05, 0) is 43.2 Å². The number of urea groups is 1. The number of carbonyl (C=O) groups excluding carboxylic acids is 2. The normalized spacial score (nSPS) is 13.0. The lowest BCUT2D eigenvalue weighted by atomic mass is 10.2. The molecular formula is C20H18N4O3. The molecule has 1 aromatic heterocycles. The second kappa shape index (κ2) is 7.33. The highest BCUT2D eigenvalue weighted by Gasteiger charge is 2.28. The van der Waals surface area contributed by atoms with Crippen LogP contribution in [0.25, 0.3) is 0 Å². The molecule has 0 radical (unpaired) electrons. The van der Waals surface area contributed by atoms with Crippen LogP contribution in [0.3, 0.4) is 0 Å². The van der Waals surface area contributed by atoms with Crippen LogP contribution in [0.4, 0.5) is 21.9 Å². The molecule has 3 amide bonds. The van der Waals surface area contributed by atoms with E-state index < -0.39 is 0 Å². The first-order chi connectivity index (χ1) is 13.2. The Hall–Kier alpha value is -3.61. The zero-order valence-corrected chi connectivity index (χ0v) is 14.4. The highest BCUT2D eigenvalue weighted by atomic mass is 16.5. The van der Waals surface area contributed by atoms with Gasteiger partial charge in [0, 0.05) is 29.0 Å². The topological polar surface area (TPSA) is 96.3 Å². The summed E-state index contributed by atoms with van der Waals surface area (Å²) in [6.45, 7) is 0. The Morgan fingerprint density at radius 3 is 2.26 bits per heavy atom. The molecule has 3 aromatic rings. The van der Waals surface area contributed by atoms with E-state index in [0.717, 1.165) is 18.6 Å². The summed E-state index contributed by atoms with van der Waals surface area (Å²) in [7, 11) is 0. The number of nitrogens with zero attached hydrogens (tertiary/aromatic N) is 1. The van der Waals surface area contributed by atoms with E-state index in [2.05, 4.69) is 21.1 Å². The minimum atomic E-state index is -0.366. The molecule has 1 saturated carbocycles.